The Morgan fingerprint density at radius 1 is 1.56 bits per heavy atom. The van der Waals surface area contributed by atoms with Gasteiger partial charge in [0.2, 0.25) is 0 Å². The summed E-state index contributed by atoms with van der Waals surface area (Å²) in [5, 5.41) is 5.55. The summed E-state index contributed by atoms with van der Waals surface area (Å²) >= 11 is 1.88. The van der Waals surface area contributed by atoms with Gasteiger partial charge in [0.05, 0.1) is 0 Å². The highest BCUT2D eigenvalue weighted by atomic mass is 32.1. The normalized spacial score (nSPS) is 22.8. The zero-order chi connectivity index (χ0) is 11.6. The molecule has 1 atom stereocenters. The third kappa shape index (κ3) is 2.65. The number of nitrogens with zero attached hydrogens (tertiary/aromatic N) is 1. The second-order valence-corrected chi connectivity index (χ2v) is 6.32. The summed E-state index contributed by atoms with van der Waals surface area (Å²) < 4.78 is 0. The Hall–Kier alpha value is -0.380. The van der Waals surface area contributed by atoms with Crippen LogP contribution >= 0.6 is 11.3 Å². The van der Waals surface area contributed by atoms with E-state index in [1.165, 1.54) is 30.9 Å². The number of hydrogen-bond acceptors (Lipinski definition) is 3. The fraction of sp³-hybridized carbons (Fsp3) is 0.692. The first-order chi connectivity index (χ1) is 7.62. The lowest BCUT2D eigenvalue weighted by atomic mass is 9.91. The molecule has 1 aromatic heterocycles. The van der Waals surface area contributed by atoms with Gasteiger partial charge in [0.25, 0.3) is 0 Å². The standard InChI is InChI=1S/C13H22N2S/c1-13(2,12-5-4-8-16-12)10-15-7-6-11(9-15)14-3/h4-5,8,11,14H,6-7,9-10H2,1-3H3. The summed E-state index contributed by atoms with van der Waals surface area (Å²) in [6, 6.07) is 5.11. The molecule has 16 heavy (non-hydrogen) atoms. The molecule has 3 heteroatoms. The predicted molar refractivity (Wildman–Crippen MR) is 71.2 cm³/mol. The van der Waals surface area contributed by atoms with Crippen molar-refractivity contribution in [3.05, 3.63) is 22.4 Å². The lowest BCUT2D eigenvalue weighted by Crippen LogP contribution is -2.37. The maximum atomic E-state index is 3.38. The lowest BCUT2D eigenvalue weighted by Gasteiger charge is -2.29. The molecule has 0 amide bonds. The molecular weight excluding hydrogens is 216 g/mol. The molecule has 1 saturated heterocycles. The Kier molecular flexibility index (Phi) is 3.67. The van der Waals surface area contributed by atoms with Gasteiger partial charge in [-0.2, -0.15) is 0 Å². The first-order valence-corrected chi connectivity index (χ1v) is 6.93. The fourth-order valence-electron chi connectivity index (χ4n) is 2.51. The van der Waals surface area contributed by atoms with Crippen LogP contribution in [0.5, 0.6) is 0 Å². The maximum absolute atomic E-state index is 3.38. The van der Waals surface area contributed by atoms with Crippen LogP contribution in [0.2, 0.25) is 0 Å². The average molecular weight is 238 g/mol. The second kappa shape index (κ2) is 4.86. The van der Waals surface area contributed by atoms with Crippen LogP contribution in [0.4, 0.5) is 0 Å². The van der Waals surface area contributed by atoms with Gasteiger partial charge in [0.1, 0.15) is 0 Å². The summed E-state index contributed by atoms with van der Waals surface area (Å²) in [5.74, 6) is 0. The number of likely N-dealkylation sites (N-methyl/N-ethyl adjacent to an activating group) is 1. The van der Waals surface area contributed by atoms with Crippen LogP contribution in [0.3, 0.4) is 0 Å². The Balaban J connectivity index is 1.94. The predicted octanol–water partition coefficient (Wildman–Crippen LogP) is 2.32. The van der Waals surface area contributed by atoms with E-state index in [0.29, 0.717) is 6.04 Å². The highest BCUT2D eigenvalue weighted by Gasteiger charge is 2.29. The van der Waals surface area contributed by atoms with Crippen LogP contribution in [0.25, 0.3) is 0 Å². The van der Waals surface area contributed by atoms with E-state index in [1.807, 2.05) is 11.3 Å². The molecule has 1 aromatic rings. The molecule has 1 aliphatic rings. The van der Waals surface area contributed by atoms with Gasteiger partial charge in [0, 0.05) is 29.4 Å². The molecular formula is C13H22N2S. The molecule has 1 fully saturated rings. The van der Waals surface area contributed by atoms with Crippen LogP contribution in [0.15, 0.2) is 17.5 Å². The molecule has 0 aliphatic carbocycles. The third-order valence-electron chi connectivity index (χ3n) is 3.49. The van der Waals surface area contributed by atoms with Gasteiger partial charge < -0.3 is 10.2 Å². The minimum absolute atomic E-state index is 0.288. The topological polar surface area (TPSA) is 15.3 Å². The molecule has 0 bridgehead atoms. The Labute approximate surface area is 103 Å². The number of likely N-dealkylation sites (tertiary alicyclic amines) is 1. The number of hydrogen-bond donors (Lipinski definition) is 1. The molecule has 2 heterocycles. The summed E-state index contributed by atoms with van der Waals surface area (Å²) in [6.45, 7) is 8.31. The van der Waals surface area contributed by atoms with E-state index in [2.05, 4.69) is 48.6 Å². The monoisotopic (exact) mass is 238 g/mol. The van der Waals surface area contributed by atoms with Crippen molar-refractivity contribution in [3.8, 4) is 0 Å². The summed E-state index contributed by atoms with van der Waals surface area (Å²) in [7, 11) is 2.07. The van der Waals surface area contributed by atoms with Crippen molar-refractivity contribution in [1.29, 1.82) is 0 Å². The van der Waals surface area contributed by atoms with Crippen molar-refractivity contribution < 1.29 is 0 Å². The van der Waals surface area contributed by atoms with Crippen LogP contribution in [-0.2, 0) is 5.41 Å². The van der Waals surface area contributed by atoms with Gasteiger partial charge in [0.15, 0.2) is 0 Å². The van der Waals surface area contributed by atoms with Gasteiger partial charge in [-0.05, 0) is 31.5 Å². The van der Waals surface area contributed by atoms with E-state index >= 15 is 0 Å². The van der Waals surface area contributed by atoms with E-state index in [9.17, 15) is 0 Å². The smallest absolute Gasteiger partial charge is 0.0204 e. The van der Waals surface area contributed by atoms with Gasteiger partial charge in [-0.3, -0.25) is 0 Å². The Bertz CT molecular complexity index is 319. The largest absolute Gasteiger partial charge is 0.316 e. The minimum Gasteiger partial charge on any atom is -0.316 e. The van der Waals surface area contributed by atoms with E-state index in [1.54, 1.807) is 0 Å². The van der Waals surface area contributed by atoms with Crippen LogP contribution in [0.1, 0.15) is 25.1 Å². The van der Waals surface area contributed by atoms with E-state index < -0.39 is 0 Å². The van der Waals surface area contributed by atoms with Gasteiger partial charge >= 0.3 is 0 Å². The van der Waals surface area contributed by atoms with Gasteiger partial charge in [-0.15, -0.1) is 11.3 Å². The zero-order valence-electron chi connectivity index (χ0n) is 10.5. The molecule has 1 N–H and O–H groups in total. The minimum atomic E-state index is 0.288. The number of thiophene rings is 1. The van der Waals surface area contributed by atoms with E-state index in [-0.39, 0.29) is 5.41 Å². The third-order valence-corrected chi connectivity index (χ3v) is 4.72. The molecule has 2 rings (SSSR count). The van der Waals surface area contributed by atoms with Crippen molar-refractivity contribution in [2.24, 2.45) is 0 Å². The second-order valence-electron chi connectivity index (χ2n) is 5.37. The van der Waals surface area contributed by atoms with E-state index in [4.69, 9.17) is 0 Å². The van der Waals surface area contributed by atoms with Crippen molar-refractivity contribution in [2.75, 3.05) is 26.7 Å². The lowest BCUT2D eigenvalue weighted by molar-refractivity contribution is 0.266. The van der Waals surface area contributed by atoms with Gasteiger partial charge in [-0.1, -0.05) is 19.9 Å². The van der Waals surface area contributed by atoms with Crippen LogP contribution in [0, 0.1) is 0 Å². The first-order valence-electron chi connectivity index (χ1n) is 6.05. The molecule has 2 nitrogen and oxygen atoms in total. The molecule has 1 unspecified atom stereocenters. The van der Waals surface area contributed by atoms with Crippen molar-refractivity contribution in [1.82, 2.24) is 10.2 Å². The molecule has 90 valence electrons. The van der Waals surface area contributed by atoms with Gasteiger partial charge in [-0.25, -0.2) is 0 Å². The number of rotatable bonds is 4. The van der Waals surface area contributed by atoms with Crippen LogP contribution < -0.4 is 5.32 Å². The average Bonchev–Trinajstić information content (AvgIpc) is 2.86. The highest BCUT2D eigenvalue weighted by molar-refractivity contribution is 7.10. The van der Waals surface area contributed by atoms with E-state index in [0.717, 1.165) is 0 Å². The van der Waals surface area contributed by atoms with Crippen LogP contribution in [-0.4, -0.2) is 37.6 Å². The molecule has 0 aromatic carbocycles. The molecule has 1 aliphatic heterocycles. The summed E-state index contributed by atoms with van der Waals surface area (Å²) in [6.07, 6.45) is 1.29. The molecule has 0 saturated carbocycles. The highest BCUT2D eigenvalue weighted by Crippen LogP contribution is 2.29. The Morgan fingerprint density at radius 2 is 2.38 bits per heavy atom. The SMILES string of the molecule is CNC1CCN(CC(C)(C)c2cccs2)C1. The molecule has 0 radical (unpaired) electrons. The Morgan fingerprint density at radius 3 is 2.94 bits per heavy atom. The summed E-state index contributed by atoms with van der Waals surface area (Å²) in [5.41, 5.74) is 0.288. The fourth-order valence-corrected chi connectivity index (χ4v) is 3.36. The quantitative estimate of drug-likeness (QED) is 0.866. The molecule has 0 spiro atoms. The van der Waals surface area contributed by atoms with Crippen molar-refractivity contribution >= 4 is 11.3 Å². The first kappa shape index (κ1) is 12.1. The summed E-state index contributed by atoms with van der Waals surface area (Å²) in [4.78, 5) is 4.08. The van der Waals surface area contributed by atoms with Crippen molar-refractivity contribution in [2.45, 2.75) is 31.7 Å². The van der Waals surface area contributed by atoms with Crippen molar-refractivity contribution in [3.63, 3.8) is 0 Å². The zero-order valence-corrected chi connectivity index (χ0v) is 11.3. The maximum Gasteiger partial charge on any atom is 0.0204 e. The number of nitrogens with one attached hydrogen (secondary N) is 1.